The van der Waals surface area contributed by atoms with Crippen molar-refractivity contribution in [3.8, 4) is 0 Å². The molecule has 3 nitrogen and oxygen atoms in total. The Morgan fingerprint density at radius 2 is 2.15 bits per heavy atom. The van der Waals surface area contributed by atoms with Crippen molar-refractivity contribution in [2.45, 2.75) is 6.92 Å². The van der Waals surface area contributed by atoms with Crippen molar-refractivity contribution in [2.75, 3.05) is 12.8 Å². The number of ether oxygens (including phenoxy) is 1. The van der Waals surface area contributed by atoms with Gasteiger partial charge in [0.05, 0.1) is 12.7 Å². The fraction of sp³-hybridized carbons (Fsp3) is 0.222. The molecule has 0 saturated carbocycles. The van der Waals surface area contributed by atoms with Gasteiger partial charge in [-0.1, -0.05) is 6.07 Å². The first-order valence-corrected chi connectivity index (χ1v) is 4.50. The zero-order valence-electron chi connectivity index (χ0n) is 7.43. The highest BCUT2D eigenvalue weighted by Crippen LogP contribution is 2.26. The van der Waals surface area contributed by atoms with Crippen molar-refractivity contribution in [2.24, 2.45) is 0 Å². The van der Waals surface area contributed by atoms with E-state index in [9.17, 15) is 4.79 Å². The Kier molecular flexibility index (Phi) is 2.93. The van der Waals surface area contributed by atoms with Gasteiger partial charge in [0, 0.05) is 10.2 Å². The Hall–Kier alpha value is -1.03. The van der Waals surface area contributed by atoms with Gasteiger partial charge in [0.15, 0.2) is 0 Å². The third-order valence-electron chi connectivity index (χ3n) is 1.76. The molecule has 1 aromatic carbocycles. The van der Waals surface area contributed by atoms with E-state index in [0.29, 0.717) is 15.7 Å². The van der Waals surface area contributed by atoms with Crippen molar-refractivity contribution >= 4 is 27.6 Å². The first-order chi connectivity index (χ1) is 6.07. The summed E-state index contributed by atoms with van der Waals surface area (Å²) in [5, 5.41) is 0. The third-order valence-corrected chi connectivity index (χ3v) is 2.78. The molecular weight excluding hydrogens is 234 g/mol. The monoisotopic (exact) mass is 243 g/mol. The minimum Gasteiger partial charge on any atom is -0.465 e. The highest BCUT2D eigenvalue weighted by molar-refractivity contribution is 9.10. The van der Waals surface area contributed by atoms with Gasteiger partial charge in [-0.2, -0.15) is 0 Å². The van der Waals surface area contributed by atoms with Gasteiger partial charge in [0.25, 0.3) is 0 Å². The van der Waals surface area contributed by atoms with Crippen LogP contribution in [0.4, 0.5) is 5.69 Å². The number of benzene rings is 1. The van der Waals surface area contributed by atoms with Gasteiger partial charge in [-0.05, 0) is 34.5 Å². The Morgan fingerprint density at radius 1 is 1.54 bits per heavy atom. The van der Waals surface area contributed by atoms with Crippen molar-refractivity contribution in [1.82, 2.24) is 0 Å². The van der Waals surface area contributed by atoms with Gasteiger partial charge in [-0.15, -0.1) is 0 Å². The molecule has 1 aromatic rings. The molecule has 0 atom stereocenters. The zero-order chi connectivity index (χ0) is 10.0. The molecule has 0 fully saturated rings. The van der Waals surface area contributed by atoms with Gasteiger partial charge >= 0.3 is 5.97 Å². The van der Waals surface area contributed by atoms with Crippen LogP contribution in [-0.4, -0.2) is 13.1 Å². The fourth-order valence-corrected chi connectivity index (χ4v) is 1.53. The van der Waals surface area contributed by atoms with Crippen molar-refractivity contribution in [3.05, 3.63) is 27.7 Å². The topological polar surface area (TPSA) is 52.3 Å². The number of carbonyl (C=O) groups is 1. The second-order valence-electron chi connectivity index (χ2n) is 2.65. The van der Waals surface area contributed by atoms with E-state index in [2.05, 4.69) is 20.7 Å². The van der Waals surface area contributed by atoms with E-state index < -0.39 is 5.97 Å². The van der Waals surface area contributed by atoms with Crippen LogP contribution in [-0.2, 0) is 4.74 Å². The molecule has 70 valence electrons. The van der Waals surface area contributed by atoms with E-state index in [-0.39, 0.29) is 0 Å². The molecule has 0 spiro atoms. The van der Waals surface area contributed by atoms with Crippen molar-refractivity contribution < 1.29 is 9.53 Å². The van der Waals surface area contributed by atoms with Gasteiger partial charge in [0.1, 0.15) is 0 Å². The Morgan fingerprint density at radius 3 is 2.69 bits per heavy atom. The van der Waals surface area contributed by atoms with Crippen molar-refractivity contribution in [3.63, 3.8) is 0 Å². The summed E-state index contributed by atoms with van der Waals surface area (Å²) in [5.41, 5.74) is 7.40. The number of esters is 1. The first kappa shape index (κ1) is 10.1. The summed E-state index contributed by atoms with van der Waals surface area (Å²) in [6.45, 7) is 1.88. The molecule has 13 heavy (non-hydrogen) atoms. The van der Waals surface area contributed by atoms with E-state index in [1.165, 1.54) is 7.11 Å². The predicted molar refractivity (Wildman–Crippen MR) is 54.6 cm³/mol. The smallest absolute Gasteiger partial charge is 0.341 e. The van der Waals surface area contributed by atoms with Crippen LogP contribution in [0.15, 0.2) is 16.6 Å². The number of halogens is 1. The summed E-state index contributed by atoms with van der Waals surface area (Å²) < 4.78 is 5.30. The lowest BCUT2D eigenvalue weighted by molar-refractivity contribution is 0.0601. The number of rotatable bonds is 1. The van der Waals surface area contributed by atoms with Crippen LogP contribution >= 0.6 is 15.9 Å². The number of hydrogen-bond donors (Lipinski definition) is 1. The standard InChI is InChI=1S/C9H10BrNO2/c1-5-3-4-6(11)7(8(5)10)9(12)13-2/h3-4H,11H2,1-2H3. The summed E-state index contributed by atoms with van der Waals surface area (Å²) in [7, 11) is 1.33. The van der Waals surface area contributed by atoms with E-state index >= 15 is 0 Å². The number of nitrogen functional groups attached to an aromatic ring is 1. The molecule has 0 amide bonds. The summed E-state index contributed by atoms with van der Waals surface area (Å²) in [5.74, 6) is -0.423. The largest absolute Gasteiger partial charge is 0.465 e. The quantitative estimate of drug-likeness (QED) is 0.608. The third kappa shape index (κ3) is 1.83. The molecule has 0 aliphatic rings. The number of nitrogens with two attached hydrogens (primary N) is 1. The van der Waals surface area contributed by atoms with E-state index in [1.807, 2.05) is 13.0 Å². The lowest BCUT2D eigenvalue weighted by Gasteiger charge is -2.07. The average molecular weight is 244 g/mol. The van der Waals surface area contributed by atoms with Crippen LogP contribution in [0.5, 0.6) is 0 Å². The van der Waals surface area contributed by atoms with E-state index in [0.717, 1.165) is 5.56 Å². The maximum atomic E-state index is 11.3. The molecule has 2 N–H and O–H groups in total. The SMILES string of the molecule is COC(=O)c1c(N)ccc(C)c1Br. The number of methoxy groups -OCH3 is 1. The zero-order valence-corrected chi connectivity index (χ0v) is 9.01. The van der Waals surface area contributed by atoms with Gasteiger partial charge in [-0.3, -0.25) is 0 Å². The minimum absolute atomic E-state index is 0.391. The lowest BCUT2D eigenvalue weighted by atomic mass is 10.1. The van der Waals surface area contributed by atoms with Crippen LogP contribution in [0, 0.1) is 6.92 Å². The molecule has 0 heterocycles. The molecule has 0 aromatic heterocycles. The van der Waals surface area contributed by atoms with Crippen LogP contribution in [0.2, 0.25) is 0 Å². The van der Waals surface area contributed by atoms with Crippen LogP contribution < -0.4 is 5.73 Å². The van der Waals surface area contributed by atoms with Crippen LogP contribution in [0.25, 0.3) is 0 Å². The Bertz CT molecular complexity index is 350. The molecule has 0 saturated heterocycles. The molecular formula is C9H10BrNO2. The molecule has 0 radical (unpaired) electrons. The molecule has 0 aliphatic carbocycles. The second-order valence-corrected chi connectivity index (χ2v) is 3.45. The Balaban J connectivity index is 3.33. The summed E-state index contributed by atoms with van der Waals surface area (Å²) >= 11 is 3.29. The van der Waals surface area contributed by atoms with E-state index in [1.54, 1.807) is 6.07 Å². The minimum atomic E-state index is -0.423. The van der Waals surface area contributed by atoms with E-state index in [4.69, 9.17) is 5.73 Å². The summed E-state index contributed by atoms with van der Waals surface area (Å²) in [6, 6.07) is 3.53. The van der Waals surface area contributed by atoms with Crippen LogP contribution in [0.3, 0.4) is 0 Å². The highest BCUT2D eigenvalue weighted by Gasteiger charge is 2.15. The number of carbonyl (C=O) groups excluding carboxylic acids is 1. The predicted octanol–water partition coefficient (Wildman–Crippen LogP) is 2.13. The highest BCUT2D eigenvalue weighted by atomic mass is 79.9. The molecule has 0 aliphatic heterocycles. The van der Waals surface area contributed by atoms with Gasteiger partial charge in [-0.25, -0.2) is 4.79 Å². The normalized spacial score (nSPS) is 9.77. The second kappa shape index (κ2) is 3.79. The number of aryl methyl sites for hydroxylation is 1. The number of hydrogen-bond acceptors (Lipinski definition) is 3. The number of anilines is 1. The van der Waals surface area contributed by atoms with Gasteiger partial charge in [0.2, 0.25) is 0 Å². The molecule has 1 rings (SSSR count). The summed E-state index contributed by atoms with van der Waals surface area (Å²) in [4.78, 5) is 11.3. The van der Waals surface area contributed by atoms with Crippen molar-refractivity contribution in [1.29, 1.82) is 0 Å². The van der Waals surface area contributed by atoms with Crippen LogP contribution in [0.1, 0.15) is 15.9 Å². The Labute approximate surface area is 85.0 Å². The molecule has 4 heteroatoms. The fourth-order valence-electron chi connectivity index (χ4n) is 1.00. The maximum absolute atomic E-state index is 11.3. The first-order valence-electron chi connectivity index (χ1n) is 3.70. The molecule has 0 unspecified atom stereocenters. The maximum Gasteiger partial charge on any atom is 0.341 e. The lowest BCUT2D eigenvalue weighted by Crippen LogP contribution is -2.07. The molecule has 0 bridgehead atoms. The summed E-state index contributed by atoms with van der Waals surface area (Å²) in [6.07, 6.45) is 0. The van der Waals surface area contributed by atoms with Gasteiger partial charge < -0.3 is 10.5 Å². The average Bonchev–Trinajstić information content (AvgIpc) is 2.12.